The molecule has 30 heavy (non-hydrogen) atoms. The highest BCUT2D eigenvalue weighted by Gasteiger charge is 2.46. The quantitative estimate of drug-likeness (QED) is 0.227. The number of carbonyl (C=O) groups is 2. The van der Waals surface area contributed by atoms with Crippen molar-refractivity contribution in [1.82, 2.24) is 9.88 Å². The Morgan fingerprint density at radius 1 is 1.17 bits per heavy atom. The predicted octanol–water partition coefficient (Wildman–Crippen LogP) is 3.20. The van der Waals surface area contributed by atoms with E-state index in [1.165, 1.54) is 53.9 Å². The van der Waals surface area contributed by atoms with Crippen LogP contribution in [0.4, 0.5) is 5.69 Å². The molecule has 1 aliphatic rings. The van der Waals surface area contributed by atoms with Crippen molar-refractivity contribution in [3.05, 3.63) is 99.8 Å². The number of benzene rings is 1. The first-order valence-electron chi connectivity index (χ1n) is 8.93. The summed E-state index contributed by atoms with van der Waals surface area (Å²) in [5.41, 5.74) is 0.278. The Morgan fingerprint density at radius 2 is 1.93 bits per heavy atom. The van der Waals surface area contributed by atoms with E-state index in [0.717, 1.165) is 0 Å². The van der Waals surface area contributed by atoms with Gasteiger partial charge in [-0.25, -0.2) is 0 Å². The average Bonchev–Trinajstić information content (AvgIpc) is 3.36. The minimum atomic E-state index is -1.02. The summed E-state index contributed by atoms with van der Waals surface area (Å²) in [6, 6.07) is 10.9. The first-order valence-corrected chi connectivity index (χ1v) is 8.93. The summed E-state index contributed by atoms with van der Waals surface area (Å²) in [5, 5.41) is 22.1. The molecule has 0 aliphatic carbocycles. The van der Waals surface area contributed by atoms with E-state index in [1.807, 2.05) is 0 Å². The second-order valence-corrected chi connectivity index (χ2v) is 6.59. The molecule has 2 aromatic heterocycles. The molecule has 1 unspecified atom stereocenters. The molecular weight excluding hydrogens is 390 g/mol. The number of aromatic nitrogens is 1. The van der Waals surface area contributed by atoms with Crippen LogP contribution in [0.5, 0.6) is 0 Å². The van der Waals surface area contributed by atoms with Gasteiger partial charge in [-0.3, -0.25) is 24.7 Å². The van der Waals surface area contributed by atoms with Crippen molar-refractivity contribution in [3.8, 4) is 0 Å². The van der Waals surface area contributed by atoms with E-state index in [2.05, 4.69) is 4.98 Å². The van der Waals surface area contributed by atoms with Crippen molar-refractivity contribution in [2.45, 2.75) is 12.6 Å². The van der Waals surface area contributed by atoms with Gasteiger partial charge >= 0.3 is 0 Å². The third-order valence-electron chi connectivity index (χ3n) is 4.80. The Hall–Kier alpha value is -4.27. The Balaban J connectivity index is 1.89. The van der Waals surface area contributed by atoms with Gasteiger partial charge in [-0.15, -0.1) is 0 Å². The summed E-state index contributed by atoms with van der Waals surface area (Å²) >= 11 is 0. The molecule has 1 atom stereocenters. The van der Waals surface area contributed by atoms with Crippen molar-refractivity contribution in [3.63, 3.8) is 0 Å². The van der Waals surface area contributed by atoms with Crippen LogP contribution < -0.4 is 0 Å². The number of rotatable bonds is 5. The third-order valence-corrected chi connectivity index (χ3v) is 4.80. The van der Waals surface area contributed by atoms with Crippen LogP contribution in [0.15, 0.2) is 77.2 Å². The largest absolute Gasteiger partial charge is 0.507 e. The molecule has 1 amide bonds. The number of Topliss-reactive ketones (excluding diaryl/α,β-unsaturated/α-hetero) is 1. The number of hydrogen-bond donors (Lipinski definition) is 1. The first-order chi connectivity index (χ1) is 14.5. The number of nitro benzene ring substituents is 1. The average molecular weight is 405 g/mol. The molecule has 0 spiro atoms. The monoisotopic (exact) mass is 405 g/mol. The van der Waals surface area contributed by atoms with Gasteiger partial charge in [-0.1, -0.05) is 12.1 Å². The molecule has 0 bridgehead atoms. The zero-order valence-corrected chi connectivity index (χ0v) is 15.5. The molecule has 9 heteroatoms. The standard InChI is InChI=1S/C21H15N3O6/c25-19(13-6-8-22-9-7-13)17-18(14-3-1-4-15(11-14)24(28)29)23(21(27)20(17)26)12-16-5-2-10-30-16/h1-11,18,25H,12H2/b19-17+. The van der Waals surface area contributed by atoms with E-state index in [-0.39, 0.29) is 23.6 Å². The van der Waals surface area contributed by atoms with Crippen LogP contribution in [-0.2, 0) is 16.1 Å². The molecule has 1 aliphatic heterocycles. The molecule has 150 valence electrons. The van der Waals surface area contributed by atoms with Crippen molar-refractivity contribution >= 4 is 23.1 Å². The van der Waals surface area contributed by atoms with Crippen LogP contribution in [0.1, 0.15) is 22.9 Å². The lowest BCUT2D eigenvalue weighted by atomic mass is 9.95. The van der Waals surface area contributed by atoms with E-state index in [1.54, 1.807) is 18.2 Å². The highest BCUT2D eigenvalue weighted by atomic mass is 16.6. The Bertz CT molecular complexity index is 1150. The molecule has 3 aromatic rings. The van der Waals surface area contributed by atoms with Crippen molar-refractivity contribution < 1.29 is 24.0 Å². The van der Waals surface area contributed by atoms with Gasteiger partial charge in [0.1, 0.15) is 11.5 Å². The number of amides is 1. The van der Waals surface area contributed by atoms with E-state index in [0.29, 0.717) is 16.9 Å². The molecule has 1 saturated heterocycles. The number of aliphatic hydroxyl groups is 1. The molecule has 0 radical (unpaired) electrons. The summed E-state index contributed by atoms with van der Waals surface area (Å²) in [4.78, 5) is 41.5. The van der Waals surface area contributed by atoms with Gasteiger partial charge < -0.3 is 14.4 Å². The van der Waals surface area contributed by atoms with Gasteiger partial charge in [0.25, 0.3) is 17.4 Å². The third kappa shape index (κ3) is 3.32. The highest BCUT2D eigenvalue weighted by molar-refractivity contribution is 6.46. The summed E-state index contributed by atoms with van der Waals surface area (Å²) in [7, 11) is 0. The molecule has 3 heterocycles. The van der Waals surface area contributed by atoms with E-state index in [4.69, 9.17) is 4.42 Å². The molecule has 9 nitrogen and oxygen atoms in total. The SMILES string of the molecule is O=C1C(=O)N(Cc2ccco2)C(c2cccc([N+](=O)[O-])c2)/C1=C(\O)c1ccncc1. The molecule has 1 fully saturated rings. The molecule has 4 rings (SSSR count). The van der Waals surface area contributed by atoms with Crippen molar-refractivity contribution in [2.24, 2.45) is 0 Å². The van der Waals surface area contributed by atoms with E-state index < -0.39 is 22.7 Å². The topological polar surface area (TPSA) is 127 Å². The minimum Gasteiger partial charge on any atom is -0.507 e. The number of likely N-dealkylation sites (tertiary alicyclic amines) is 1. The number of hydrogen-bond acceptors (Lipinski definition) is 7. The number of non-ortho nitro benzene ring substituents is 1. The van der Waals surface area contributed by atoms with Crippen LogP contribution in [-0.4, -0.2) is 31.6 Å². The second kappa shape index (κ2) is 7.63. The Morgan fingerprint density at radius 3 is 2.60 bits per heavy atom. The van der Waals surface area contributed by atoms with Crippen LogP contribution in [0.25, 0.3) is 5.76 Å². The van der Waals surface area contributed by atoms with Crippen LogP contribution in [0, 0.1) is 10.1 Å². The van der Waals surface area contributed by atoms with Gasteiger partial charge in [0.2, 0.25) is 0 Å². The maximum Gasteiger partial charge on any atom is 0.296 e. The lowest BCUT2D eigenvalue weighted by molar-refractivity contribution is -0.384. The summed E-state index contributed by atoms with van der Waals surface area (Å²) < 4.78 is 5.31. The predicted molar refractivity (Wildman–Crippen MR) is 104 cm³/mol. The molecule has 0 saturated carbocycles. The summed E-state index contributed by atoms with van der Waals surface area (Å²) in [6.45, 7) is -0.0436. The van der Waals surface area contributed by atoms with Crippen LogP contribution in [0.2, 0.25) is 0 Å². The fourth-order valence-corrected chi connectivity index (χ4v) is 3.43. The fraction of sp³-hybridized carbons (Fsp3) is 0.0952. The highest BCUT2D eigenvalue weighted by Crippen LogP contribution is 2.41. The van der Waals surface area contributed by atoms with Crippen molar-refractivity contribution in [2.75, 3.05) is 0 Å². The number of ketones is 1. The molecular formula is C21H15N3O6. The fourth-order valence-electron chi connectivity index (χ4n) is 3.43. The van der Waals surface area contributed by atoms with Gasteiger partial charge in [0, 0.05) is 30.1 Å². The Kier molecular flexibility index (Phi) is 4.85. The number of furan rings is 1. The van der Waals surface area contributed by atoms with Gasteiger partial charge in [0.15, 0.2) is 0 Å². The summed E-state index contributed by atoms with van der Waals surface area (Å²) in [5.74, 6) is -1.67. The zero-order valence-electron chi connectivity index (χ0n) is 15.5. The summed E-state index contributed by atoms with van der Waals surface area (Å²) in [6.07, 6.45) is 4.32. The van der Waals surface area contributed by atoms with Crippen LogP contribution >= 0.6 is 0 Å². The minimum absolute atomic E-state index is 0.0436. The molecule has 1 aromatic carbocycles. The number of nitrogens with zero attached hydrogens (tertiary/aromatic N) is 3. The number of nitro groups is 1. The second-order valence-electron chi connectivity index (χ2n) is 6.59. The maximum absolute atomic E-state index is 12.9. The smallest absolute Gasteiger partial charge is 0.296 e. The number of aliphatic hydroxyl groups excluding tert-OH is 1. The zero-order chi connectivity index (χ0) is 21.3. The molecule has 1 N–H and O–H groups in total. The normalized spacial score (nSPS) is 18.0. The lowest BCUT2D eigenvalue weighted by Gasteiger charge is -2.24. The van der Waals surface area contributed by atoms with Gasteiger partial charge in [-0.05, 0) is 29.8 Å². The number of carbonyl (C=O) groups excluding carboxylic acids is 2. The number of pyridine rings is 1. The Labute approximate surface area is 170 Å². The lowest BCUT2D eigenvalue weighted by Crippen LogP contribution is -2.29. The van der Waals surface area contributed by atoms with E-state index in [9.17, 15) is 24.8 Å². The van der Waals surface area contributed by atoms with E-state index >= 15 is 0 Å². The van der Waals surface area contributed by atoms with Gasteiger partial charge in [-0.2, -0.15) is 0 Å². The van der Waals surface area contributed by atoms with Crippen LogP contribution in [0.3, 0.4) is 0 Å². The first kappa shape index (κ1) is 19.1. The van der Waals surface area contributed by atoms with Crippen molar-refractivity contribution in [1.29, 1.82) is 0 Å². The van der Waals surface area contributed by atoms with Gasteiger partial charge in [0.05, 0.1) is 29.3 Å². The maximum atomic E-state index is 12.9.